The molecule has 1 aliphatic carbocycles. The monoisotopic (exact) mass is 862 g/mol. The Morgan fingerprint density at radius 2 is 1.69 bits per heavy atom. The maximum absolute atomic E-state index is 15.6. The number of ether oxygens (including phenoxy) is 1. The number of hydrogen-bond acceptors (Lipinski definition) is 12. The van der Waals surface area contributed by atoms with Crippen molar-refractivity contribution in [3.8, 4) is 5.75 Å². The van der Waals surface area contributed by atoms with Gasteiger partial charge in [-0.05, 0) is 68.9 Å². The second kappa shape index (κ2) is 18.7. The second-order valence-electron chi connectivity index (χ2n) is 15.9. The lowest BCUT2D eigenvalue weighted by molar-refractivity contribution is -0.140. The fourth-order valence-electron chi connectivity index (χ4n) is 8.20. The highest BCUT2D eigenvalue weighted by Crippen LogP contribution is 2.40. The summed E-state index contributed by atoms with van der Waals surface area (Å²) in [5.41, 5.74) is 1.06. The van der Waals surface area contributed by atoms with Crippen molar-refractivity contribution in [3.05, 3.63) is 59.5 Å². The van der Waals surface area contributed by atoms with Crippen molar-refractivity contribution in [3.63, 3.8) is 0 Å². The largest absolute Gasteiger partial charge is 0.495 e. The summed E-state index contributed by atoms with van der Waals surface area (Å²) in [6.07, 6.45) is 6.52. The summed E-state index contributed by atoms with van der Waals surface area (Å²) in [6, 6.07) is 7.68. The van der Waals surface area contributed by atoms with E-state index in [1.54, 1.807) is 29.2 Å². The molecule has 1 aromatic heterocycles. The van der Waals surface area contributed by atoms with Crippen LogP contribution in [0, 0.1) is 5.82 Å². The number of carbonyl (C=O) groups is 6. The summed E-state index contributed by atoms with van der Waals surface area (Å²) in [7, 11) is 2.60. The zero-order valence-electron chi connectivity index (χ0n) is 34.4. The molecule has 0 spiro atoms. The minimum atomic E-state index is -3.64. The van der Waals surface area contributed by atoms with Crippen molar-refractivity contribution in [1.29, 1.82) is 0 Å². The number of rotatable bonds is 13. The van der Waals surface area contributed by atoms with Gasteiger partial charge in [-0.1, -0.05) is 12.8 Å². The average Bonchev–Trinajstić information content (AvgIpc) is 3.78. The minimum absolute atomic E-state index is 0.0286. The predicted octanol–water partition coefficient (Wildman–Crippen LogP) is 3.88. The average molecular weight is 863 g/mol. The van der Waals surface area contributed by atoms with Crippen LogP contribution in [0.4, 0.5) is 42.0 Å². The van der Waals surface area contributed by atoms with Gasteiger partial charge in [-0.25, -0.2) is 9.37 Å². The number of aromatic nitrogens is 2. The lowest BCUT2D eigenvalue weighted by atomic mass is 10.0. The van der Waals surface area contributed by atoms with Gasteiger partial charge >= 0.3 is 5.92 Å². The Morgan fingerprint density at radius 1 is 0.968 bits per heavy atom. The summed E-state index contributed by atoms with van der Waals surface area (Å²) in [6.45, 7) is 0.494. The maximum Gasteiger partial charge on any atom is 0.342 e. The van der Waals surface area contributed by atoms with Gasteiger partial charge in [0.1, 0.15) is 23.3 Å². The zero-order chi connectivity index (χ0) is 44.1. The van der Waals surface area contributed by atoms with Gasteiger partial charge in [-0.2, -0.15) is 13.8 Å². The number of piperidine rings is 2. The molecule has 0 bridgehead atoms. The van der Waals surface area contributed by atoms with Crippen molar-refractivity contribution in [2.45, 2.75) is 88.3 Å². The van der Waals surface area contributed by atoms with E-state index in [2.05, 4.69) is 36.6 Å². The first-order chi connectivity index (χ1) is 29.7. The van der Waals surface area contributed by atoms with Crippen molar-refractivity contribution in [2.75, 3.05) is 60.8 Å². The molecule has 1 unspecified atom stereocenters. The number of benzene rings is 2. The normalized spacial score (nSPS) is 19.3. The molecule has 4 heterocycles. The quantitative estimate of drug-likeness (QED) is 0.123. The molecule has 2 saturated heterocycles. The Kier molecular flexibility index (Phi) is 13.1. The summed E-state index contributed by atoms with van der Waals surface area (Å²) in [5, 5.41) is 13.8. The third-order valence-electron chi connectivity index (χ3n) is 11.7. The van der Waals surface area contributed by atoms with Gasteiger partial charge in [0.05, 0.1) is 31.1 Å². The van der Waals surface area contributed by atoms with Gasteiger partial charge in [-0.3, -0.25) is 34.1 Å². The van der Waals surface area contributed by atoms with Crippen LogP contribution in [-0.4, -0.2) is 115 Å². The number of nitrogens with zero attached hydrogens (tertiary/aromatic N) is 5. The van der Waals surface area contributed by atoms with E-state index >= 15 is 13.2 Å². The smallest absolute Gasteiger partial charge is 0.342 e. The molecule has 0 radical (unpaired) electrons. The number of nitrogens with one attached hydrogen (secondary N) is 5. The summed E-state index contributed by atoms with van der Waals surface area (Å²) in [4.78, 5) is 87.6. The van der Waals surface area contributed by atoms with Crippen LogP contribution >= 0.6 is 0 Å². The number of methoxy groups -OCH3 is 1. The van der Waals surface area contributed by atoms with Crippen molar-refractivity contribution in [1.82, 2.24) is 30.8 Å². The van der Waals surface area contributed by atoms with Crippen molar-refractivity contribution >= 4 is 64.3 Å². The molecule has 62 heavy (non-hydrogen) atoms. The lowest BCUT2D eigenvalue weighted by Gasteiger charge is -2.32. The van der Waals surface area contributed by atoms with E-state index in [0.29, 0.717) is 63.7 Å². The maximum atomic E-state index is 15.6. The van der Waals surface area contributed by atoms with Crippen LogP contribution in [0.5, 0.6) is 5.75 Å². The molecule has 3 aromatic rings. The number of imide groups is 1. The van der Waals surface area contributed by atoms with E-state index in [1.165, 1.54) is 31.3 Å². The van der Waals surface area contributed by atoms with Crippen LogP contribution in [-0.2, 0) is 19.2 Å². The highest BCUT2D eigenvalue weighted by molar-refractivity contribution is 6.04. The molecule has 6 amide bonds. The number of amides is 6. The first kappa shape index (κ1) is 43.6. The molecule has 7 rings (SSSR count). The van der Waals surface area contributed by atoms with Gasteiger partial charge in [0, 0.05) is 68.9 Å². The fraction of sp³-hybridized carbons (Fsp3) is 0.476. The Balaban J connectivity index is 0.877. The molecular formula is C42H49F3N10O7. The van der Waals surface area contributed by atoms with Crippen LogP contribution in [0.15, 0.2) is 42.6 Å². The van der Waals surface area contributed by atoms with E-state index in [9.17, 15) is 28.8 Å². The van der Waals surface area contributed by atoms with Crippen molar-refractivity contribution < 1.29 is 46.7 Å². The third kappa shape index (κ3) is 9.84. The molecule has 20 heteroatoms. The van der Waals surface area contributed by atoms with Crippen LogP contribution in [0.3, 0.4) is 0 Å². The number of alkyl halides is 2. The van der Waals surface area contributed by atoms with E-state index in [4.69, 9.17) is 4.74 Å². The predicted molar refractivity (Wildman–Crippen MR) is 221 cm³/mol. The Hall–Kier alpha value is -6.47. The number of hydrogen-bond donors (Lipinski definition) is 5. The van der Waals surface area contributed by atoms with E-state index in [-0.39, 0.29) is 71.2 Å². The van der Waals surface area contributed by atoms with Gasteiger partial charge in [0.25, 0.3) is 17.7 Å². The molecule has 330 valence electrons. The third-order valence-corrected chi connectivity index (χ3v) is 11.7. The molecular weight excluding hydrogens is 814 g/mol. The van der Waals surface area contributed by atoms with Crippen LogP contribution < -0.4 is 41.1 Å². The first-order valence-electron chi connectivity index (χ1n) is 20.7. The summed E-state index contributed by atoms with van der Waals surface area (Å²) in [5.74, 6) is -7.65. The number of halogens is 3. The molecule has 5 N–H and O–H groups in total. The fourth-order valence-corrected chi connectivity index (χ4v) is 8.20. The molecule has 1 atom stereocenters. The number of carbonyl (C=O) groups excluding carboxylic acids is 6. The van der Waals surface area contributed by atoms with Gasteiger partial charge in [0.15, 0.2) is 5.82 Å². The summed E-state index contributed by atoms with van der Waals surface area (Å²) >= 11 is 0. The van der Waals surface area contributed by atoms with Crippen LogP contribution in [0.1, 0.15) is 84.9 Å². The van der Waals surface area contributed by atoms with E-state index < -0.39 is 48.0 Å². The minimum Gasteiger partial charge on any atom is -0.495 e. The number of anilines is 5. The Morgan fingerprint density at radius 3 is 2.39 bits per heavy atom. The molecule has 2 aromatic carbocycles. The number of likely N-dealkylation sites (tertiary alicyclic amines) is 1. The zero-order valence-corrected chi connectivity index (χ0v) is 34.4. The van der Waals surface area contributed by atoms with Gasteiger partial charge < -0.3 is 40.7 Å². The standard InChI is InChI=1S/C42H49F3N10O7/c1-53-32-22-47-41(52-36(32)55(27-6-3-4-7-27)23-42(44,45)40(53)61)50-31-21-29(43)28(20-33(31)62-2)38(59)48-26-15-18-54(19-16-26)35(57)8-5-17-46-25-11-9-24(10-12-25)37(58)49-30-13-14-34(56)51-39(30)60/h9-12,20-22,26-27,30,46H,3-8,13-19,23H2,1-2H3,(H,48,59)(H,49,58)(H,47,50,52)(H,51,56,60). The highest BCUT2D eigenvalue weighted by Gasteiger charge is 2.49. The highest BCUT2D eigenvalue weighted by atomic mass is 19.3. The molecule has 4 aliphatic rings. The Bertz CT molecular complexity index is 2210. The van der Waals surface area contributed by atoms with Crippen LogP contribution in [0.25, 0.3) is 0 Å². The van der Waals surface area contributed by atoms with Gasteiger partial charge in [-0.15, -0.1) is 0 Å². The van der Waals surface area contributed by atoms with E-state index in [0.717, 1.165) is 29.5 Å². The molecule has 1 saturated carbocycles. The summed E-state index contributed by atoms with van der Waals surface area (Å²) < 4.78 is 51.1. The lowest BCUT2D eigenvalue weighted by Crippen LogP contribution is -2.52. The molecule has 17 nitrogen and oxygen atoms in total. The van der Waals surface area contributed by atoms with Gasteiger partial charge in [0.2, 0.25) is 23.7 Å². The topological polar surface area (TPSA) is 207 Å². The second-order valence-corrected chi connectivity index (χ2v) is 15.9. The van der Waals surface area contributed by atoms with Crippen molar-refractivity contribution in [2.24, 2.45) is 0 Å². The first-order valence-corrected chi connectivity index (χ1v) is 20.7. The Labute approximate surface area is 355 Å². The number of fused-ring (bicyclic) bond motifs is 1. The van der Waals surface area contributed by atoms with Crippen LogP contribution in [0.2, 0.25) is 0 Å². The molecule has 3 aliphatic heterocycles. The molecule has 3 fully saturated rings. The van der Waals surface area contributed by atoms with E-state index in [1.807, 2.05) is 0 Å². The SMILES string of the molecule is COc1cc(C(=O)NC2CCN(C(=O)CCCNc3ccc(C(=O)NC4CCC(=O)NC4=O)cc3)CC2)c(F)cc1Nc1ncc2c(n1)N(C1CCCC1)CC(F)(F)C(=O)N2C.